The molecule has 120 valence electrons. The average Bonchev–Trinajstić information content (AvgIpc) is 2.92. The molecule has 1 heterocycles. The Hall–Kier alpha value is -2.78. The smallest absolute Gasteiger partial charge is 0.257 e. The van der Waals surface area contributed by atoms with Gasteiger partial charge in [0.25, 0.3) is 5.91 Å². The van der Waals surface area contributed by atoms with E-state index < -0.39 is 0 Å². The fourth-order valence-corrected chi connectivity index (χ4v) is 2.05. The summed E-state index contributed by atoms with van der Waals surface area (Å²) in [4.78, 5) is 12.3. The molecule has 1 amide bonds. The van der Waals surface area contributed by atoms with Gasteiger partial charge in [-0.25, -0.2) is 0 Å². The highest BCUT2D eigenvalue weighted by atomic mass is 16.5. The number of benzene rings is 1. The van der Waals surface area contributed by atoms with E-state index in [2.05, 4.69) is 16.3 Å². The predicted molar refractivity (Wildman–Crippen MR) is 87.5 cm³/mol. The molecule has 0 radical (unpaired) electrons. The molecule has 0 aliphatic carbocycles. The maximum absolute atomic E-state index is 12.3. The summed E-state index contributed by atoms with van der Waals surface area (Å²) in [6.45, 7) is 2.31. The monoisotopic (exact) mass is 313 g/mol. The van der Waals surface area contributed by atoms with Crippen molar-refractivity contribution in [3.05, 3.63) is 41.6 Å². The van der Waals surface area contributed by atoms with Crippen molar-refractivity contribution in [3.8, 4) is 18.1 Å². The van der Waals surface area contributed by atoms with Gasteiger partial charge >= 0.3 is 0 Å². The lowest BCUT2D eigenvalue weighted by molar-refractivity contribution is 0.0917. The molecule has 1 aromatic heterocycles. The van der Waals surface area contributed by atoms with E-state index in [1.54, 1.807) is 49.3 Å². The van der Waals surface area contributed by atoms with Gasteiger partial charge in [0.1, 0.15) is 11.9 Å². The number of methoxy groups -OCH3 is 1. The van der Waals surface area contributed by atoms with Crippen molar-refractivity contribution in [1.82, 2.24) is 9.78 Å². The number of hydrogen-bond donors (Lipinski definition) is 1. The highest BCUT2D eigenvalue weighted by Gasteiger charge is 2.12. The lowest BCUT2D eigenvalue weighted by Gasteiger charge is -2.15. The van der Waals surface area contributed by atoms with Crippen molar-refractivity contribution in [3.63, 3.8) is 0 Å². The van der Waals surface area contributed by atoms with Crippen LogP contribution in [0.1, 0.15) is 22.8 Å². The van der Waals surface area contributed by atoms with Gasteiger partial charge in [-0.2, -0.15) is 5.10 Å². The van der Waals surface area contributed by atoms with E-state index >= 15 is 0 Å². The summed E-state index contributed by atoms with van der Waals surface area (Å²) in [5.74, 6) is 3.22. The van der Waals surface area contributed by atoms with Crippen LogP contribution in [-0.2, 0) is 11.8 Å². The normalized spacial score (nSPS) is 11.6. The zero-order valence-electron chi connectivity index (χ0n) is 13.4. The Balaban J connectivity index is 2.20. The van der Waals surface area contributed by atoms with E-state index in [4.69, 9.17) is 15.9 Å². The number of aryl methyl sites for hydroxylation is 1. The predicted octanol–water partition coefficient (Wildman–Crippen LogP) is 2.07. The van der Waals surface area contributed by atoms with E-state index in [0.717, 1.165) is 0 Å². The van der Waals surface area contributed by atoms with Crippen LogP contribution in [0.5, 0.6) is 5.75 Å². The topological polar surface area (TPSA) is 65.4 Å². The molecule has 2 aromatic rings. The molecule has 0 fully saturated rings. The molecule has 0 aliphatic heterocycles. The highest BCUT2D eigenvalue weighted by Crippen LogP contribution is 2.19. The molecule has 1 aromatic carbocycles. The van der Waals surface area contributed by atoms with Gasteiger partial charge in [-0.1, -0.05) is 5.92 Å². The third-order valence-corrected chi connectivity index (χ3v) is 3.03. The molecular formula is C17H19N3O3. The van der Waals surface area contributed by atoms with Crippen LogP contribution in [0.15, 0.2) is 30.5 Å². The van der Waals surface area contributed by atoms with Crippen LogP contribution < -0.4 is 10.1 Å². The van der Waals surface area contributed by atoms with Gasteiger partial charge in [0.2, 0.25) is 0 Å². The van der Waals surface area contributed by atoms with Crippen LogP contribution in [0, 0.1) is 12.3 Å². The van der Waals surface area contributed by atoms with Crippen molar-refractivity contribution < 1.29 is 14.3 Å². The van der Waals surface area contributed by atoms with Crippen molar-refractivity contribution in [1.29, 1.82) is 0 Å². The largest absolute Gasteiger partial charge is 0.488 e. The number of hydrogen-bond acceptors (Lipinski definition) is 4. The number of nitrogens with one attached hydrogen (secondary N) is 1. The Morgan fingerprint density at radius 3 is 2.87 bits per heavy atom. The second-order valence-corrected chi connectivity index (χ2v) is 5.10. The summed E-state index contributed by atoms with van der Waals surface area (Å²) >= 11 is 0. The third kappa shape index (κ3) is 4.59. The van der Waals surface area contributed by atoms with E-state index in [-0.39, 0.29) is 12.0 Å². The SMILES string of the molecule is C#Cc1cc(O[C@@H](C)COC)cc(C(=O)Nc2ccn(C)n2)c1. The van der Waals surface area contributed by atoms with Gasteiger partial charge in [0.05, 0.1) is 6.61 Å². The lowest BCUT2D eigenvalue weighted by Crippen LogP contribution is -2.19. The van der Waals surface area contributed by atoms with Gasteiger partial charge in [-0.3, -0.25) is 9.48 Å². The molecule has 0 saturated carbocycles. The number of nitrogens with zero attached hydrogens (tertiary/aromatic N) is 2. The second kappa shape index (κ2) is 7.47. The number of aromatic nitrogens is 2. The number of amides is 1. The fraction of sp³-hybridized carbons (Fsp3) is 0.294. The zero-order chi connectivity index (χ0) is 16.8. The third-order valence-electron chi connectivity index (χ3n) is 3.03. The molecule has 0 spiro atoms. The van der Waals surface area contributed by atoms with Crippen molar-refractivity contribution >= 4 is 11.7 Å². The van der Waals surface area contributed by atoms with Crippen molar-refractivity contribution in [2.75, 3.05) is 19.0 Å². The van der Waals surface area contributed by atoms with Crippen LogP contribution in [0.2, 0.25) is 0 Å². The first-order valence-corrected chi connectivity index (χ1v) is 7.10. The summed E-state index contributed by atoms with van der Waals surface area (Å²) in [5, 5.41) is 6.83. The first-order chi connectivity index (χ1) is 11.0. The number of carbonyl (C=O) groups is 1. The Morgan fingerprint density at radius 2 is 2.26 bits per heavy atom. The quantitative estimate of drug-likeness (QED) is 0.829. The molecule has 0 aliphatic rings. The summed E-state index contributed by atoms with van der Waals surface area (Å²) in [6.07, 6.45) is 7.05. The van der Waals surface area contributed by atoms with Gasteiger partial charge in [-0.15, -0.1) is 6.42 Å². The first kappa shape index (κ1) is 16.6. The van der Waals surface area contributed by atoms with Gasteiger partial charge in [-0.05, 0) is 25.1 Å². The van der Waals surface area contributed by atoms with Crippen LogP contribution in [0.3, 0.4) is 0 Å². The van der Waals surface area contributed by atoms with Crippen LogP contribution >= 0.6 is 0 Å². The van der Waals surface area contributed by atoms with Crippen LogP contribution in [-0.4, -0.2) is 35.5 Å². The molecule has 0 bridgehead atoms. The molecule has 6 heteroatoms. The van der Waals surface area contributed by atoms with E-state index in [1.807, 2.05) is 6.92 Å². The maximum Gasteiger partial charge on any atom is 0.257 e. The van der Waals surface area contributed by atoms with Crippen molar-refractivity contribution in [2.45, 2.75) is 13.0 Å². The summed E-state index contributed by atoms with van der Waals surface area (Å²) in [5.41, 5.74) is 0.976. The molecule has 23 heavy (non-hydrogen) atoms. The summed E-state index contributed by atoms with van der Waals surface area (Å²) in [6, 6.07) is 6.70. The Kier molecular flexibility index (Phi) is 5.39. The molecule has 0 unspecified atom stereocenters. The number of rotatable bonds is 6. The van der Waals surface area contributed by atoms with Gasteiger partial charge in [0.15, 0.2) is 5.82 Å². The minimum atomic E-state index is -0.301. The Bertz CT molecular complexity index is 731. The van der Waals surface area contributed by atoms with Crippen LogP contribution in [0.25, 0.3) is 0 Å². The zero-order valence-corrected chi connectivity index (χ0v) is 13.4. The lowest BCUT2D eigenvalue weighted by atomic mass is 10.1. The Morgan fingerprint density at radius 1 is 1.48 bits per heavy atom. The highest BCUT2D eigenvalue weighted by molar-refractivity contribution is 6.04. The fourth-order valence-electron chi connectivity index (χ4n) is 2.05. The Labute approximate surface area is 135 Å². The minimum absolute atomic E-state index is 0.153. The second-order valence-electron chi connectivity index (χ2n) is 5.10. The standard InChI is InChI=1S/C17H19N3O3/c1-5-13-8-14(10-15(9-13)23-12(2)11-22-4)17(21)18-16-6-7-20(3)19-16/h1,6-10,12H,11H2,2-4H3,(H,18,19,21)/t12-/m0/s1. The average molecular weight is 313 g/mol. The van der Waals surface area contributed by atoms with E-state index in [1.165, 1.54) is 0 Å². The number of terminal acetylenes is 1. The molecule has 6 nitrogen and oxygen atoms in total. The van der Waals surface area contributed by atoms with Crippen LogP contribution in [0.4, 0.5) is 5.82 Å². The van der Waals surface area contributed by atoms with Crippen molar-refractivity contribution in [2.24, 2.45) is 7.05 Å². The summed E-state index contributed by atoms with van der Waals surface area (Å²) < 4.78 is 12.4. The van der Waals surface area contributed by atoms with E-state index in [0.29, 0.717) is 29.3 Å². The number of ether oxygens (including phenoxy) is 2. The summed E-state index contributed by atoms with van der Waals surface area (Å²) in [7, 11) is 3.38. The molecule has 0 saturated heterocycles. The molecule has 1 atom stereocenters. The minimum Gasteiger partial charge on any atom is -0.488 e. The molecule has 1 N–H and O–H groups in total. The first-order valence-electron chi connectivity index (χ1n) is 7.10. The maximum atomic E-state index is 12.3. The van der Waals surface area contributed by atoms with Gasteiger partial charge < -0.3 is 14.8 Å². The van der Waals surface area contributed by atoms with E-state index in [9.17, 15) is 4.79 Å². The number of carbonyl (C=O) groups excluding carboxylic acids is 1. The van der Waals surface area contributed by atoms with Gasteiger partial charge in [0, 0.05) is 37.5 Å². The number of anilines is 1. The molecule has 2 rings (SSSR count). The molecular weight excluding hydrogens is 294 g/mol.